The summed E-state index contributed by atoms with van der Waals surface area (Å²) in [5.74, 6) is -0.609. The fraction of sp³-hybridized carbons (Fsp3) is 0. The van der Waals surface area contributed by atoms with Crippen LogP contribution in [-0.2, 0) is 0 Å². The molecule has 1 heterocycles. The summed E-state index contributed by atoms with van der Waals surface area (Å²) in [7, 11) is 0. The van der Waals surface area contributed by atoms with E-state index in [1.165, 1.54) is 6.20 Å². The molecule has 2 N–H and O–H groups in total. The largest absolute Gasteiger partial charge is 0.322 e. The number of rotatable bonds is 4. The van der Waals surface area contributed by atoms with Crippen molar-refractivity contribution in [2.45, 2.75) is 0 Å². The van der Waals surface area contributed by atoms with Crippen LogP contribution in [0.2, 0.25) is 5.02 Å². The molecule has 0 aliphatic heterocycles. The number of hydrogen-bond donors (Lipinski definition) is 2. The Morgan fingerprint density at radius 2 is 1.60 bits per heavy atom. The summed E-state index contributed by atoms with van der Waals surface area (Å²) in [5.41, 5.74) is 1.89. The molecule has 0 spiro atoms. The van der Waals surface area contributed by atoms with Gasteiger partial charge in [0.25, 0.3) is 11.8 Å². The Morgan fingerprint density at radius 1 is 0.840 bits per heavy atom. The normalized spacial score (nSPS) is 10.1. The number of nitrogens with zero attached hydrogens (tertiary/aromatic N) is 1. The summed E-state index contributed by atoms with van der Waals surface area (Å²) in [5, 5.41) is 5.94. The molecule has 25 heavy (non-hydrogen) atoms. The Bertz CT molecular complexity index is 913. The smallest absolute Gasteiger partial charge is 0.257 e. The van der Waals surface area contributed by atoms with Gasteiger partial charge in [0.15, 0.2) is 0 Å². The van der Waals surface area contributed by atoms with Gasteiger partial charge in [0.2, 0.25) is 0 Å². The SMILES string of the molecule is O=C(Nc1cccc(C(=O)Nc2ccccc2Cl)c1)c1cccnc1. The molecule has 0 fully saturated rings. The number of pyridine rings is 1. The highest BCUT2D eigenvalue weighted by molar-refractivity contribution is 6.33. The molecule has 2 aromatic carbocycles. The minimum absolute atomic E-state index is 0.295. The Balaban J connectivity index is 1.74. The van der Waals surface area contributed by atoms with E-state index in [9.17, 15) is 9.59 Å². The number of para-hydroxylation sites is 1. The van der Waals surface area contributed by atoms with Crippen LogP contribution < -0.4 is 10.6 Å². The molecule has 124 valence electrons. The molecule has 6 heteroatoms. The molecule has 0 radical (unpaired) electrons. The lowest BCUT2D eigenvalue weighted by molar-refractivity contribution is 0.101. The van der Waals surface area contributed by atoms with Crippen LogP contribution in [-0.4, -0.2) is 16.8 Å². The fourth-order valence-corrected chi connectivity index (χ4v) is 2.38. The van der Waals surface area contributed by atoms with E-state index in [1.807, 2.05) is 0 Å². The van der Waals surface area contributed by atoms with E-state index in [2.05, 4.69) is 15.6 Å². The predicted molar refractivity (Wildman–Crippen MR) is 98.0 cm³/mol. The van der Waals surface area contributed by atoms with E-state index in [1.54, 1.807) is 66.9 Å². The molecule has 0 unspecified atom stereocenters. The first-order valence-electron chi connectivity index (χ1n) is 7.51. The summed E-state index contributed by atoms with van der Waals surface area (Å²) < 4.78 is 0. The van der Waals surface area contributed by atoms with Crippen molar-refractivity contribution in [2.75, 3.05) is 10.6 Å². The van der Waals surface area contributed by atoms with Crippen LogP contribution in [0.5, 0.6) is 0 Å². The molecular formula is C19H14ClN3O2. The van der Waals surface area contributed by atoms with Crippen molar-refractivity contribution in [3.05, 3.63) is 89.2 Å². The third-order valence-electron chi connectivity index (χ3n) is 3.43. The topological polar surface area (TPSA) is 71.1 Å². The number of carbonyl (C=O) groups excluding carboxylic acids is 2. The molecule has 5 nitrogen and oxygen atoms in total. The lowest BCUT2D eigenvalue weighted by Crippen LogP contribution is -2.15. The zero-order valence-electron chi connectivity index (χ0n) is 13.1. The number of benzene rings is 2. The van der Waals surface area contributed by atoms with Gasteiger partial charge < -0.3 is 10.6 Å². The van der Waals surface area contributed by atoms with Gasteiger partial charge in [-0.1, -0.05) is 29.8 Å². The van der Waals surface area contributed by atoms with Crippen molar-refractivity contribution in [2.24, 2.45) is 0 Å². The molecule has 0 saturated carbocycles. The number of hydrogen-bond acceptors (Lipinski definition) is 3. The zero-order valence-corrected chi connectivity index (χ0v) is 13.8. The summed E-state index contributed by atoms with van der Waals surface area (Å²) in [6.07, 6.45) is 3.07. The van der Waals surface area contributed by atoms with Gasteiger partial charge in [-0.15, -0.1) is 0 Å². The van der Waals surface area contributed by atoms with E-state index in [0.29, 0.717) is 27.5 Å². The van der Waals surface area contributed by atoms with Gasteiger partial charge in [-0.2, -0.15) is 0 Å². The predicted octanol–water partition coefficient (Wildman–Crippen LogP) is 4.24. The minimum Gasteiger partial charge on any atom is -0.322 e. The fourth-order valence-electron chi connectivity index (χ4n) is 2.20. The monoisotopic (exact) mass is 351 g/mol. The third kappa shape index (κ3) is 4.22. The number of carbonyl (C=O) groups is 2. The number of nitrogens with one attached hydrogen (secondary N) is 2. The Hall–Kier alpha value is -3.18. The molecule has 0 atom stereocenters. The molecule has 0 aliphatic rings. The zero-order chi connectivity index (χ0) is 17.6. The Kier molecular flexibility index (Phi) is 5.06. The Morgan fingerprint density at radius 3 is 2.36 bits per heavy atom. The van der Waals surface area contributed by atoms with Gasteiger partial charge in [0.05, 0.1) is 16.3 Å². The average molecular weight is 352 g/mol. The first-order valence-corrected chi connectivity index (χ1v) is 7.88. The van der Waals surface area contributed by atoms with Crippen LogP contribution >= 0.6 is 11.6 Å². The molecule has 2 amide bonds. The van der Waals surface area contributed by atoms with Gasteiger partial charge in [-0.05, 0) is 42.5 Å². The van der Waals surface area contributed by atoms with Gasteiger partial charge in [0, 0.05) is 23.6 Å². The molecule has 0 bridgehead atoms. The highest BCUT2D eigenvalue weighted by atomic mass is 35.5. The van der Waals surface area contributed by atoms with Crippen LogP contribution in [0.3, 0.4) is 0 Å². The lowest BCUT2D eigenvalue weighted by Gasteiger charge is -2.09. The standard InChI is InChI=1S/C19H14ClN3O2/c20-16-8-1-2-9-17(16)23-18(24)13-5-3-7-15(11-13)22-19(25)14-6-4-10-21-12-14/h1-12H,(H,22,25)(H,23,24). The van der Waals surface area contributed by atoms with Crippen molar-refractivity contribution < 1.29 is 9.59 Å². The van der Waals surface area contributed by atoms with E-state index in [0.717, 1.165) is 0 Å². The minimum atomic E-state index is -0.314. The van der Waals surface area contributed by atoms with Crippen LogP contribution in [0.1, 0.15) is 20.7 Å². The summed E-state index contributed by atoms with van der Waals surface area (Å²) in [6.45, 7) is 0. The molecule has 1 aromatic heterocycles. The maximum absolute atomic E-state index is 12.4. The van der Waals surface area contributed by atoms with E-state index in [-0.39, 0.29) is 11.8 Å². The summed E-state index contributed by atoms with van der Waals surface area (Å²) in [6, 6.07) is 17.0. The average Bonchev–Trinajstić information content (AvgIpc) is 2.64. The number of anilines is 2. The molecule has 0 aliphatic carbocycles. The Labute approximate surface area is 149 Å². The van der Waals surface area contributed by atoms with Crippen molar-refractivity contribution in [1.82, 2.24) is 4.98 Å². The van der Waals surface area contributed by atoms with Gasteiger partial charge in [-0.25, -0.2) is 0 Å². The van der Waals surface area contributed by atoms with E-state index < -0.39 is 0 Å². The molecule has 3 aromatic rings. The maximum Gasteiger partial charge on any atom is 0.257 e. The second-order valence-corrected chi connectivity index (χ2v) is 5.62. The van der Waals surface area contributed by atoms with Crippen molar-refractivity contribution in [1.29, 1.82) is 0 Å². The van der Waals surface area contributed by atoms with Crippen molar-refractivity contribution >= 4 is 34.8 Å². The first-order chi connectivity index (χ1) is 12.1. The maximum atomic E-state index is 12.4. The molecule has 3 rings (SSSR count). The number of aromatic nitrogens is 1. The van der Waals surface area contributed by atoms with Crippen molar-refractivity contribution in [3.8, 4) is 0 Å². The van der Waals surface area contributed by atoms with Crippen LogP contribution in [0, 0.1) is 0 Å². The number of halogens is 1. The first kappa shape index (κ1) is 16.7. The second-order valence-electron chi connectivity index (χ2n) is 5.21. The van der Waals surface area contributed by atoms with Gasteiger partial charge >= 0.3 is 0 Å². The highest BCUT2D eigenvalue weighted by Crippen LogP contribution is 2.21. The second kappa shape index (κ2) is 7.59. The van der Waals surface area contributed by atoms with Crippen LogP contribution in [0.15, 0.2) is 73.1 Å². The third-order valence-corrected chi connectivity index (χ3v) is 3.76. The van der Waals surface area contributed by atoms with E-state index >= 15 is 0 Å². The van der Waals surface area contributed by atoms with Crippen LogP contribution in [0.25, 0.3) is 0 Å². The van der Waals surface area contributed by atoms with Crippen molar-refractivity contribution in [3.63, 3.8) is 0 Å². The van der Waals surface area contributed by atoms with E-state index in [4.69, 9.17) is 11.6 Å². The van der Waals surface area contributed by atoms with Gasteiger partial charge in [0.1, 0.15) is 0 Å². The van der Waals surface area contributed by atoms with Crippen LogP contribution in [0.4, 0.5) is 11.4 Å². The molecular weight excluding hydrogens is 338 g/mol. The highest BCUT2D eigenvalue weighted by Gasteiger charge is 2.10. The van der Waals surface area contributed by atoms with Gasteiger partial charge in [-0.3, -0.25) is 14.6 Å². The quantitative estimate of drug-likeness (QED) is 0.738. The summed E-state index contributed by atoms with van der Waals surface area (Å²) in [4.78, 5) is 28.5. The lowest BCUT2D eigenvalue weighted by atomic mass is 10.1. The number of amides is 2. The molecule has 0 saturated heterocycles. The summed E-state index contributed by atoms with van der Waals surface area (Å²) >= 11 is 6.05.